The molecule has 0 aromatic heterocycles. The SMILES string of the molecule is CC(C)(C)[Si](I)(I)C(C)(C)C. The zero-order valence-corrected chi connectivity index (χ0v) is 13.6. The second-order valence-corrected chi connectivity index (χ2v) is 25.1. The van der Waals surface area contributed by atoms with E-state index in [1.165, 1.54) is 0 Å². The van der Waals surface area contributed by atoms with Gasteiger partial charge < -0.3 is 0 Å². The lowest BCUT2D eigenvalue weighted by molar-refractivity contribution is 0.662. The van der Waals surface area contributed by atoms with Gasteiger partial charge in [0, 0.05) is 0 Å². The molecule has 0 radical (unpaired) electrons. The van der Waals surface area contributed by atoms with E-state index in [9.17, 15) is 0 Å². The third-order valence-corrected chi connectivity index (χ3v) is 25.1. The molecule has 0 atom stereocenters. The van der Waals surface area contributed by atoms with Gasteiger partial charge in [0.15, 0.2) is 0 Å². The molecule has 68 valence electrons. The zero-order chi connectivity index (χ0) is 9.50. The van der Waals surface area contributed by atoms with Crippen LogP contribution in [0.1, 0.15) is 41.5 Å². The van der Waals surface area contributed by atoms with E-state index in [-0.39, 0.29) is 0 Å². The minimum atomic E-state index is -1.17. The Morgan fingerprint density at radius 2 is 0.909 bits per heavy atom. The van der Waals surface area contributed by atoms with Crippen LogP contribution in [0.4, 0.5) is 0 Å². The molecule has 0 aliphatic carbocycles. The largest absolute Gasteiger partial charge is 0.202 e. The molecular weight excluding hydrogens is 378 g/mol. The zero-order valence-electron chi connectivity index (χ0n) is 8.26. The maximum Gasteiger partial charge on any atom is 0.202 e. The lowest BCUT2D eigenvalue weighted by Crippen LogP contribution is -2.39. The van der Waals surface area contributed by atoms with Crippen LogP contribution < -0.4 is 0 Å². The summed E-state index contributed by atoms with van der Waals surface area (Å²) < 4.78 is -1.17. The van der Waals surface area contributed by atoms with Crippen molar-refractivity contribution in [1.29, 1.82) is 0 Å². The molecule has 0 spiro atoms. The van der Waals surface area contributed by atoms with Crippen LogP contribution in [0.15, 0.2) is 0 Å². The van der Waals surface area contributed by atoms with Gasteiger partial charge in [-0.2, -0.15) is 0 Å². The first kappa shape index (κ1) is 12.7. The van der Waals surface area contributed by atoms with Crippen LogP contribution in [-0.4, -0.2) is 3.07 Å². The molecule has 0 aliphatic heterocycles. The van der Waals surface area contributed by atoms with Gasteiger partial charge in [0.05, 0.1) is 0 Å². The van der Waals surface area contributed by atoms with Crippen molar-refractivity contribution in [2.45, 2.75) is 51.6 Å². The summed E-state index contributed by atoms with van der Waals surface area (Å²) >= 11 is 5.43. The Hall–Kier alpha value is 1.68. The highest BCUT2D eigenvalue weighted by molar-refractivity contribution is 14.3. The highest BCUT2D eigenvalue weighted by Crippen LogP contribution is 2.58. The van der Waals surface area contributed by atoms with Gasteiger partial charge in [-0.05, 0) is 10.1 Å². The summed E-state index contributed by atoms with van der Waals surface area (Å²) in [7, 11) is 0. The molecule has 0 bridgehead atoms. The smallest absolute Gasteiger partial charge is 0.103 e. The quantitative estimate of drug-likeness (QED) is 0.311. The summed E-state index contributed by atoms with van der Waals surface area (Å²) in [6, 6.07) is 0. The fourth-order valence-corrected chi connectivity index (χ4v) is 3.38. The van der Waals surface area contributed by atoms with E-state index in [0.717, 1.165) is 0 Å². The summed E-state index contributed by atoms with van der Waals surface area (Å²) in [5.41, 5.74) is 0. The van der Waals surface area contributed by atoms with E-state index in [0.29, 0.717) is 10.1 Å². The van der Waals surface area contributed by atoms with Crippen LogP contribution in [0.2, 0.25) is 10.1 Å². The Bertz CT molecular complexity index is 123. The van der Waals surface area contributed by atoms with Gasteiger partial charge in [-0.25, -0.2) is 0 Å². The first-order chi connectivity index (χ1) is 4.50. The number of hydrogen-bond acceptors (Lipinski definition) is 0. The topological polar surface area (TPSA) is 0 Å². The van der Waals surface area contributed by atoms with Gasteiger partial charge in [-0.3, -0.25) is 0 Å². The summed E-state index contributed by atoms with van der Waals surface area (Å²) in [5, 5.41) is 0.985. The molecule has 0 rings (SSSR count). The summed E-state index contributed by atoms with van der Waals surface area (Å²) in [6.07, 6.45) is 0. The van der Waals surface area contributed by atoms with Crippen molar-refractivity contribution < 1.29 is 0 Å². The standard InChI is InChI=1S/C8H18I2Si/c1-7(2,3)11(9,10)8(4,5)6/h1-6H3. The molecule has 0 saturated carbocycles. The first-order valence-electron chi connectivity index (χ1n) is 3.88. The maximum absolute atomic E-state index is 2.71. The predicted octanol–water partition coefficient (Wildman–Crippen LogP) is 4.90. The summed E-state index contributed by atoms with van der Waals surface area (Å²) in [5.74, 6) is 0. The van der Waals surface area contributed by atoms with E-state index in [2.05, 4.69) is 85.1 Å². The average Bonchev–Trinajstić information content (AvgIpc) is 1.58. The van der Waals surface area contributed by atoms with Crippen molar-refractivity contribution in [2.24, 2.45) is 0 Å². The van der Waals surface area contributed by atoms with Crippen molar-refractivity contribution >= 4 is 46.7 Å². The fourth-order valence-electron chi connectivity index (χ4n) is 1.12. The molecule has 0 nitrogen and oxygen atoms in total. The Labute approximate surface area is 97.3 Å². The molecule has 0 aromatic rings. The third kappa shape index (κ3) is 2.82. The number of rotatable bonds is 0. The van der Waals surface area contributed by atoms with Gasteiger partial charge >= 0.3 is 0 Å². The Balaban J connectivity index is 4.75. The van der Waals surface area contributed by atoms with Crippen molar-refractivity contribution in [3.63, 3.8) is 0 Å². The van der Waals surface area contributed by atoms with E-state index in [4.69, 9.17) is 0 Å². The first-order valence-corrected chi connectivity index (χ1v) is 12.1. The summed E-state index contributed by atoms with van der Waals surface area (Å²) in [6.45, 7) is 14.2. The second kappa shape index (κ2) is 3.44. The van der Waals surface area contributed by atoms with Crippen LogP contribution in [-0.2, 0) is 0 Å². The van der Waals surface area contributed by atoms with Crippen molar-refractivity contribution in [3.8, 4) is 0 Å². The molecule has 3 heteroatoms. The molecular formula is C8H18I2Si. The minimum Gasteiger partial charge on any atom is -0.103 e. The molecule has 0 N–H and O–H groups in total. The fraction of sp³-hybridized carbons (Fsp3) is 1.00. The van der Waals surface area contributed by atoms with Crippen molar-refractivity contribution in [3.05, 3.63) is 0 Å². The van der Waals surface area contributed by atoms with Crippen LogP contribution in [0, 0.1) is 0 Å². The van der Waals surface area contributed by atoms with Crippen LogP contribution in [0.25, 0.3) is 0 Å². The normalized spacial score (nSPS) is 15.3. The molecule has 11 heavy (non-hydrogen) atoms. The van der Waals surface area contributed by atoms with Crippen LogP contribution in [0.5, 0.6) is 0 Å². The molecule has 0 fully saturated rings. The lowest BCUT2D eigenvalue weighted by atomic mass is 10.2. The highest BCUT2D eigenvalue weighted by Gasteiger charge is 2.49. The van der Waals surface area contributed by atoms with Crippen molar-refractivity contribution in [1.82, 2.24) is 0 Å². The van der Waals surface area contributed by atoms with Crippen LogP contribution >= 0.6 is 43.6 Å². The van der Waals surface area contributed by atoms with Gasteiger partial charge in [-0.1, -0.05) is 41.5 Å². The molecule has 0 unspecified atom stereocenters. The van der Waals surface area contributed by atoms with E-state index < -0.39 is 3.07 Å². The summed E-state index contributed by atoms with van der Waals surface area (Å²) in [4.78, 5) is 0. The number of hydrogen-bond donors (Lipinski definition) is 0. The minimum absolute atomic E-state index is 0.492. The molecule has 0 aliphatic rings. The highest BCUT2D eigenvalue weighted by atomic mass is 127. The van der Waals surface area contributed by atoms with Crippen LogP contribution in [0.3, 0.4) is 0 Å². The third-order valence-electron chi connectivity index (χ3n) is 1.88. The van der Waals surface area contributed by atoms with Gasteiger partial charge in [-0.15, -0.1) is 43.6 Å². The monoisotopic (exact) mass is 396 g/mol. The maximum atomic E-state index is 2.71. The Morgan fingerprint density at radius 1 is 0.727 bits per heavy atom. The van der Waals surface area contributed by atoms with Gasteiger partial charge in [0.2, 0.25) is 3.07 Å². The lowest BCUT2D eigenvalue weighted by Gasteiger charge is -2.42. The van der Waals surface area contributed by atoms with Gasteiger partial charge in [0.25, 0.3) is 0 Å². The second-order valence-electron chi connectivity index (χ2n) is 5.07. The molecule has 0 amide bonds. The Morgan fingerprint density at radius 3 is 0.909 bits per heavy atom. The van der Waals surface area contributed by atoms with E-state index in [1.54, 1.807) is 0 Å². The van der Waals surface area contributed by atoms with E-state index >= 15 is 0 Å². The van der Waals surface area contributed by atoms with Crippen molar-refractivity contribution in [2.75, 3.05) is 0 Å². The molecule has 0 saturated heterocycles. The average molecular weight is 396 g/mol. The predicted molar refractivity (Wildman–Crippen MR) is 73.2 cm³/mol. The van der Waals surface area contributed by atoms with E-state index in [1.807, 2.05) is 0 Å². The molecule has 0 aromatic carbocycles. The van der Waals surface area contributed by atoms with Gasteiger partial charge in [0.1, 0.15) is 0 Å². The Kier molecular flexibility index (Phi) is 3.96. The molecule has 0 heterocycles. The number of halogens is 2.